The van der Waals surface area contributed by atoms with Gasteiger partial charge in [0.1, 0.15) is 11.9 Å². The van der Waals surface area contributed by atoms with E-state index in [0.717, 1.165) is 31.9 Å². The maximum atomic E-state index is 13.3. The summed E-state index contributed by atoms with van der Waals surface area (Å²) in [6.07, 6.45) is 0.556. The minimum absolute atomic E-state index is 0.120. The standard InChI is InChI=1S/C25H35FN4O/c1-19(2)17-25(31)27-18-24(20-5-9-22(10-6-20)28(3)4)30-15-13-29(14-16-30)23-11-7-21(26)8-12-23/h5-12,19,24H,13-18H2,1-4H3,(H,27,31)/p+1/t24-/m0/s1. The first kappa shape index (κ1) is 23.1. The lowest BCUT2D eigenvalue weighted by atomic mass is 10.0. The Hall–Kier alpha value is -2.60. The van der Waals surface area contributed by atoms with Crippen LogP contribution in [0.5, 0.6) is 0 Å². The topological polar surface area (TPSA) is 40.0 Å². The monoisotopic (exact) mass is 427 g/mol. The van der Waals surface area contributed by atoms with E-state index in [1.807, 2.05) is 26.2 Å². The molecule has 2 aromatic rings. The van der Waals surface area contributed by atoms with Gasteiger partial charge in [-0.2, -0.15) is 0 Å². The normalized spacial score (nSPS) is 15.7. The molecule has 3 rings (SSSR count). The summed E-state index contributed by atoms with van der Waals surface area (Å²) in [5.41, 5.74) is 3.49. The number of carbonyl (C=O) groups excluding carboxylic acids is 1. The van der Waals surface area contributed by atoms with Crippen molar-refractivity contribution in [3.8, 4) is 0 Å². The van der Waals surface area contributed by atoms with Gasteiger partial charge in [0.25, 0.3) is 0 Å². The molecule has 1 atom stereocenters. The second-order valence-corrected chi connectivity index (χ2v) is 9.06. The highest BCUT2D eigenvalue weighted by atomic mass is 19.1. The molecule has 2 aromatic carbocycles. The van der Waals surface area contributed by atoms with Crippen molar-refractivity contribution in [1.82, 2.24) is 5.32 Å². The maximum absolute atomic E-state index is 13.3. The first-order valence-electron chi connectivity index (χ1n) is 11.2. The third kappa shape index (κ3) is 6.44. The summed E-state index contributed by atoms with van der Waals surface area (Å²) in [7, 11) is 4.08. The van der Waals surface area contributed by atoms with Crippen LogP contribution in [-0.2, 0) is 4.79 Å². The van der Waals surface area contributed by atoms with Crippen molar-refractivity contribution in [3.05, 3.63) is 59.9 Å². The fourth-order valence-corrected chi connectivity index (χ4v) is 4.21. The van der Waals surface area contributed by atoms with Gasteiger partial charge >= 0.3 is 0 Å². The number of benzene rings is 2. The molecular formula is C25H36FN4O+. The Morgan fingerprint density at radius 1 is 1.06 bits per heavy atom. The average Bonchev–Trinajstić information content (AvgIpc) is 2.75. The number of hydrogen-bond acceptors (Lipinski definition) is 3. The molecule has 0 radical (unpaired) electrons. The fourth-order valence-electron chi connectivity index (χ4n) is 4.21. The van der Waals surface area contributed by atoms with Crippen LogP contribution in [0.4, 0.5) is 15.8 Å². The molecule has 1 fully saturated rings. The number of amides is 1. The zero-order chi connectivity index (χ0) is 22.4. The van der Waals surface area contributed by atoms with E-state index in [1.54, 1.807) is 0 Å². The second-order valence-electron chi connectivity index (χ2n) is 9.06. The number of carbonyl (C=O) groups is 1. The van der Waals surface area contributed by atoms with E-state index in [9.17, 15) is 9.18 Å². The number of nitrogens with zero attached hydrogens (tertiary/aromatic N) is 2. The van der Waals surface area contributed by atoms with Gasteiger partial charge in [-0.05, 0) is 42.3 Å². The number of anilines is 2. The number of halogens is 1. The van der Waals surface area contributed by atoms with E-state index in [0.29, 0.717) is 18.9 Å². The van der Waals surface area contributed by atoms with Crippen LogP contribution in [0.2, 0.25) is 0 Å². The molecule has 1 saturated heterocycles. The van der Waals surface area contributed by atoms with E-state index < -0.39 is 0 Å². The van der Waals surface area contributed by atoms with Crippen LogP contribution in [0.3, 0.4) is 0 Å². The summed E-state index contributed by atoms with van der Waals surface area (Å²) < 4.78 is 13.3. The second kappa shape index (κ2) is 10.6. The Kier molecular flexibility index (Phi) is 7.91. The lowest BCUT2D eigenvalue weighted by molar-refractivity contribution is -0.931. The summed E-state index contributed by atoms with van der Waals surface area (Å²) in [5.74, 6) is 0.269. The molecule has 1 aliphatic rings. The van der Waals surface area contributed by atoms with Crippen LogP contribution in [0.25, 0.3) is 0 Å². The first-order valence-corrected chi connectivity index (χ1v) is 11.2. The van der Waals surface area contributed by atoms with E-state index >= 15 is 0 Å². The summed E-state index contributed by atoms with van der Waals surface area (Å²) >= 11 is 0. The minimum Gasteiger partial charge on any atom is -0.378 e. The Morgan fingerprint density at radius 2 is 1.68 bits per heavy atom. The molecule has 0 saturated carbocycles. The van der Waals surface area contributed by atoms with Crippen LogP contribution < -0.4 is 20.0 Å². The smallest absolute Gasteiger partial charge is 0.220 e. The summed E-state index contributed by atoms with van der Waals surface area (Å²) in [6.45, 7) is 8.53. The molecule has 5 nitrogen and oxygen atoms in total. The molecule has 0 spiro atoms. The van der Waals surface area contributed by atoms with Gasteiger partial charge in [-0.1, -0.05) is 26.0 Å². The molecule has 1 aliphatic heterocycles. The van der Waals surface area contributed by atoms with Crippen molar-refractivity contribution in [1.29, 1.82) is 0 Å². The predicted octanol–water partition coefficient (Wildman–Crippen LogP) is 2.50. The summed E-state index contributed by atoms with van der Waals surface area (Å²) in [4.78, 5) is 18.2. The molecule has 168 valence electrons. The number of rotatable bonds is 8. The van der Waals surface area contributed by atoms with Crippen molar-refractivity contribution in [2.24, 2.45) is 5.92 Å². The molecular weight excluding hydrogens is 391 g/mol. The van der Waals surface area contributed by atoms with Crippen molar-refractivity contribution in [2.75, 3.05) is 56.6 Å². The highest BCUT2D eigenvalue weighted by Crippen LogP contribution is 2.18. The molecule has 1 amide bonds. The first-order chi connectivity index (χ1) is 14.8. The lowest BCUT2D eigenvalue weighted by Gasteiger charge is -2.38. The molecule has 1 heterocycles. The third-order valence-corrected chi connectivity index (χ3v) is 6.00. The highest BCUT2D eigenvalue weighted by molar-refractivity contribution is 5.76. The summed E-state index contributed by atoms with van der Waals surface area (Å²) in [5, 5.41) is 3.17. The number of hydrogen-bond donors (Lipinski definition) is 2. The predicted molar refractivity (Wildman–Crippen MR) is 125 cm³/mol. The molecule has 6 heteroatoms. The van der Waals surface area contributed by atoms with Crippen LogP contribution in [-0.4, -0.2) is 52.7 Å². The molecule has 0 aromatic heterocycles. The minimum atomic E-state index is -0.202. The van der Waals surface area contributed by atoms with E-state index in [2.05, 4.69) is 53.2 Å². The maximum Gasteiger partial charge on any atom is 0.220 e. The van der Waals surface area contributed by atoms with Gasteiger partial charge in [-0.25, -0.2) is 4.39 Å². The van der Waals surface area contributed by atoms with Crippen molar-refractivity contribution >= 4 is 17.3 Å². The molecule has 0 unspecified atom stereocenters. The van der Waals surface area contributed by atoms with Crippen LogP contribution >= 0.6 is 0 Å². The Bertz CT molecular complexity index is 828. The SMILES string of the molecule is CC(C)CC(=O)NC[C@@H](c1ccc(N(C)C)cc1)[NH+]1CCN(c2ccc(F)cc2)CC1. The fraction of sp³-hybridized carbons (Fsp3) is 0.480. The van der Waals surface area contributed by atoms with E-state index in [4.69, 9.17) is 0 Å². The molecule has 0 bridgehead atoms. The number of piperazine rings is 1. The van der Waals surface area contributed by atoms with Crippen LogP contribution in [0.1, 0.15) is 31.9 Å². The highest BCUT2D eigenvalue weighted by Gasteiger charge is 2.29. The molecule has 2 N–H and O–H groups in total. The Labute approximate surface area is 185 Å². The zero-order valence-corrected chi connectivity index (χ0v) is 19.2. The van der Waals surface area contributed by atoms with Gasteiger partial charge in [0.05, 0.1) is 32.7 Å². The quantitative estimate of drug-likeness (QED) is 0.680. The van der Waals surface area contributed by atoms with E-state index in [-0.39, 0.29) is 17.8 Å². The Balaban J connectivity index is 1.70. The van der Waals surface area contributed by atoms with Gasteiger partial charge in [0.2, 0.25) is 5.91 Å². The van der Waals surface area contributed by atoms with Crippen LogP contribution in [0.15, 0.2) is 48.5 Å². The van der Waals surface area contributed by atoms with Gasteiger partial charge in [0.15, 0.2) is 0 Å². The van der Waals surface area contributed by atoms with Gasteiger partial charge in [-0.15, -0.1) is 0 Å². The summed E-state index contributed by atoms with van der Waals surface area (Å²) in [6, 6.07) is 15.6. The third-order valence-electron chi connectivity index (χ3n) is 6.00. The van der Waals surface area contributed by atoms with Gasteiger partial charge < -0.3 is 20.0 Å². The largest absolute Gasteiger partial charge is 0.378 e. The van der Waals surface area contributed by atoms with E-state index in [1.165, 1.54) is 28.3 Å². The van der Waals surface area contributed by atoms with Crippen molar-refractivity contribution in [3.63, 3.8) is 0 Å². The zero-order valence-electron chi connectivity index (χ0n) is 19.2. The molecule has 31 heavy (non-hydrogen) atoms. The van der Waals surface area contributed by atoms with Crippen molar-refractivity contribution in [2.45, 2.75) is 26.3 Å². The molecule has 0 aliphatic carbocycles. The number of quaternary nitrogens is 1. The van der Waals surface area contributed by atoms with Crippen LogP contribution in [0, 0.1) is 11.7 Å². The lowest BCUT2D eigenvalue weighted by Crippen LogP contribution is -3.15. The average molecular weight is 428 g/mol. The van der Waals surface area contributed by atoms with Gasteiger partial charge in [-0.3, -0.25) is 4.79 Å². The van der Waals surface area contributed by atoms with Crippen molar-refractivity contribution < 1.29 is 14.1 Å². The Morgan fingerprint density at radius 3 is 2.23 bits per heavy atom. The number of nitrogens with one attached hydrogen (secondary N) is 2. The van der Waals surface area contributed by atoms with Gasteiger partial charge in [0, 0.05) is 37.5 Å².